The molecule has 0 spiro atoms. The SMILES string of the molecule is CC[C@@H](N)c1ccc(Cl)c(C(=O)c2ccc(Cl)nc2)c1F. The number of pyridine rings is 1. The Bertz CT molecular complexity index is 674. The number of hydrogen-bond donors (Lipinski definition) is 1. The number of nitrogens with zero attached hydrogens (tertiary/aromatic N) is 1. The van der Waals surface area contributed by atoms with Crippen molar-refractivity contribution in [1.82, 2.24) is 4.98 Å². The van der Waals surface area contributed by atoms with Gasteiger partial charge in [0.15, 0.2) is 5.78 Å². The van der Waals surface area contributed by atoms with Crippen LogP contribution in [0.5, 0.6) is 0 Å². The summed E-state index contributed by atoms with van der Waals surface area (Å²) in [7, 11) is 0. The van der Waals surface area contributed by atoms with Gasteiger partial charge in [0.2, 0.25) is 0 Å². The van der Waals surface area contributed by atoms with Gasteiger partial charge in [0.05, 0.1) is 10.6 Å². The van der Waals surface area contributed by atoms with Crippen LogP contribution in [0.25, 0.3) is 0 Å². The minimum absolute atomic E-state index is 0.0412. The number of nitrogens with two attached hydrogens (primary N) is 1. The van der Waals surface area contributed by atoms with Crippen LogP contribution in [0.4, 0.5) is 4.39 Å². The molecule has 0 radical (unpaired) electrons. The van der Waals surface area contributed by atoms with Crippen LogP contribution < -0.4 is 5.73 Å². The number of rotatable bonds is 4. The monoisotopic (exact) mass is 326 g/mol. The Labute approximate surface area is 131 Å². The lowest BCUT2D eigenvalue weighted by Crippen LogP contribution is -2.14. The van der Waals surface area contributed by atoms with Crippen molar-refractivity contribution in [3.8, 4) is 0 Å². The zero-order valence-electron chi connectivity index (χ0n) is 11.2. The van der Waals surface area contributed by atoms with Crippen molar-refractivity contribution in [2.24, 2.45) is 5.73 Å². The molecule has 6 heteroatoms. The van der Waals surface area contributed by atoms with E-state index in [0.29, 0.717) is 6.42 Å². The molecule has 2 rings (SSSR count). The predicted molar refractivity (Wildman–Crippen MR) is 81.3 cm³/mol. The van der Waals surface area contributed by atoms with E-state index in [4.69, 9.17) is 28.9 Å². The Hall–Kier alpha value is -1.49. The van der Waals surface area contributed by atoms with Gasteiger partial charge in [-0.05, 0) is 24.6 Å². The van der Waals surface area contributed by atoms with E-state index in [-0.39, 0.29) is 26.9 Å². The lowest BCUT2D eigenvalue weighted by atomic mass is 9.97. The summed E-state index contributed by atoms with van der Waals surface area (Å²) in [5.41, 5.74) is 6.14. The molecule has 1 heterocycles. The van der Waals surface area contributed by atoms with Gasteiger partial charge in [-0.25, -0.2) is 9.37 Å². The van der Waals surface area contributed by atoms with Gasteiger partial charge in [0.25, 0.3) is 0 Å². The van der Waals surface area contributed by atoms with E-state index in [1.807, 2.05) is 6.92 Å². The third kappa shape index (κ3) is 3.23. The maximum absolute atomic E-state index is 14.6. The van der Waals surface area contributed by atoms with Gasteiger partial charge >= 0.3 is 0 Å². The molecular formula is C15H13Cl2FN2O. The lowest BCUT2D eigenvalue weighted by Gasteiger charge is -2.14. The van der Waals surface area contributed by atoms with Crippen LogP contribution in [0, 0.1) is 5.82 Å². The van der Waals surface area contributed by atoms with Gasteiger partial charge in [-0.1, -0.05) is 36.2 Å². The standard InChI is InChI=1S/C15H13Cl2FN2O/c1-2-11(19)9-4-5-10(16)13(14(9)18)15(21)8-3-6-12(17)20-7-8/h3-7,11H,2,19H2,1H3/t11-/m1/s1. The van der Waals surface area contributed by atoms with Gasteiger partial charge in [0.1, 0.15) is 11.0 Å². The summed E-state index contributed by atoms with van der Waals surface area (Å²) in [6.45, 7) is 1.84. The molecule has 3 nitrogen and oxygen atoms in total. The Morgan fingerprint density at radius 2 is 2.05 bits per heavy atom. The molecule has 1 aromatic carbocycles. The van der Waals surface area contributed by atoms with Crippen LogP contribution >= 0.6 is 23.2 Å². The van der Waals surface area contributed by atoms with Crippen LogP contribution in [0.1, 0.15) is 40.9 Å². The number of hydrogen-bond acceptors (Lipinski definition) is 3. The van der Waals surface area contributed by atoms with Crippen molar-refractivity contribution in [1.29, 1.82) is 0 Å². The minimum atomic E-state index is -0.684. The maximum Gasteiger partial charge on any atom is 0.199 e. The number of ketones is 1. The van der Waals surface area contributed by atoms with Crippen LogP contribution in [-0.2, 0) is 0 Å². The smallest absolute Gasteiger partial charge is 0.199 e. The van der Waals surface area contributed by atoms with Crippen LogP contribution in [0.15, 0.2) is 30.5 Å². The Morgan fingerprint density at radius 3 is 2.62 bits per heavy atom. The highest BCUT2D eigenvalue weighted by Gasteiger charge is 2.22. The zero-order chi connectivity index (χ0) is 15.6. The molecule has 2 aromatic rings. The van der Waals surface area contributed by atoms with Gasteiger partial charge < -0.3 is 5.73 Å². The molecule has 0 aliphatic heterocycles. The first-order valence-corrected chi connectivity index (χ1v) is 7.11. The molecular weight excluding hydrogens is 314 g/mol. The second kappa shape index (κ2) is 6.52. The average Bonchev–Trinajstić information content (AvgIpc) is 2.47. The molecule has 0 aliphatic rings. The van der Waals surface area contributed by atoms with E-state index in [1.165, 1.54) is 30.5 Å². The molecule has 0 saturated heterocycles. The molecule has 0 amide bonds. The Morgan fingerprint density at radius 1 is 1.33 bits per heavy atom. The normalized spacial score (nSPS) is 12.2. The highest BCUT2D eigenvalue weighted by atomic mass is 35.5. The Balaban J connectivity index is 2.52. The summed E-state index contributed by atoms with van der Waals surface area (Å²) in [5.74, 6) is -1.23. The quantitative estimate of drug-likeness (QED) is 0.677. The summed E-state index contributed by atoms with van der Waals surface area (Å²) >= 11 is 11.6. The lowest BCUT2D eigenvalue weighted by molar-refractivity contribution is 0.103. The Kier molecular flexibility index (Phi) is 4.93. The summed E-state index contributed by atoms with van der Waals surface area (Å²) in [6.07, 6.45) is 1.83. The van der Waals surface area contributed by atoms with E-state index >= 15 is 0 Å². The second-order valence-corrected chi connectivity index (χ2v) is 5.33. The van der Waals surface area contributed by atoms with E-state index in [0.717, 1.165) is 0 Å². The highest BCUT2D eigenvalue weighted by molar-refractivity contribution is 6.35. The van der Waals surface area contributed by atoms with Gasteiger partial charge in [0, 0.05) is 23.4 Å². The van der Waals surface area contributed by atoms with E-state index < -0.39 is 17.6 Å². The summed E-state index contributed by atoms with van der Waals surface area (Å²) < 4.78 is 14.6. The molecule has 21 heavy (non-hydrogen) atoms. The molecule has 0 bridgehead atoms. The molecule has 110 valence electrons. The third-order valence-electron chi connectivity index (χ3n) is 3.18. The topological polar surface area (TPSA) is 56.0 Å². The number of aromatic nitrogens is 1. The maximum atomic E-state index is 14.6. The van der Waals surface area contributed by atoms with Crippen molar-refractivity contribution in [3.63, 3.8) is 0 Å². The molecule has 0 fully saturated rings. The van der Waals surface area contributed by atoms with E-state index in [9.17, 15) is 9.18 Å². The minimum Gasteiger partial charge on any atom is -0.324 e. The highest BCUT2D eigenvalue weighted by Crippen LogP contribution is 2.28. The predicted octanol–water partition coefficient (Wildman–Crippen LogP) is 4.17. The molecule has 0 aliphatic carbocycles. The zero-order valence-corrected chi connectivity index (χ0v) is 12.7. The molecule has 1 atom stereocenters. The molecule has 2 N–H and O–H groups in total. The van der Waals surface area contributed by atoms with Crippen molar-refractivity contribution in [3.05, 3.63) is 63.1 Å². The summed E-state index contributed by atoms with van der Waals surface area (Å²) in [6, 6.07) is 5.42. The molecule has 1 aromatic heterocycles. The molecule has 0 saturated carbocycles. The number of halogens is 3. The largest absolute Gasteiger partial charge is 0.324 e. The van der Waals surface area contributed by atoms with Crippen LogP contribution in [0.2, 0.25) is 10.2 Å². The van der Waals surface area contributed by atoms with E-state index in [1.54, 1.807) is 0 Å². The fourth-order valence-electron chi connectivity index (χ4n) is 1.94. The van der Waals surface area contributed by atoms with Gasteiger partial charge in [-0.15, -0.1) is 0 Å². The molecule has 0 unspecified atom stereocenters. The van der Waals surface area contributed by atoms with Crippen molar-refractivity contribution in [2.75, 3.05) is 0 Å². The summed E-state index contributed by atoms with van der Waals surface area (Å²) in [5, 5.41) is 0.291. The second-order valence-electron chi connectivity index (χ2n) is 4.54. The fraction of sp³-hybridized carbons (Fsp3) is 0.200. The van der Waals surface area contributed by atoms with E-state index in [2.05, 4.69) is 4.98 Å². The van der Waals surface area contributed by atoms with Crippen molar-refractivity contribution < 1.29 is 9.18 Å². The first-order valence-electron chi connectivity index (χ1n) is 6.35. The number of carbonyl (C=O) groups is 1. The average molecular weight is 327 g/mol. The first kappa shape index (κ1) is 15.9. The fourth-order valence-corrected chi connectivity index (χ4v) is 2.28. The van der Waals surface area contributed by atoms with Crippen molar-refractivity contribution in [2.45, 2.75) is 19.4 Å². The van der Waals surface area contributed by atoms with Gasteiger partial charge in [-0.2, -0.15) is 0 Å². The van der Waals surface area contributed by atoms with Crippen molar-refractivity contribution >= 4 is 29.0 Å². The van der Waals surface area contributed by atoms with Crippen LogP contribution in [0.3, 0.4) is 0 Å². The first-order chi connectivity index (χ1) is 9.95. The number of benzene rings is 1. The third-order valence-corrected chi connectivity index (χ3v) is 3.72. The number of carbonyl (C=O) groups excluding carboxylic acids is 1. The van der Waals surface area contributed by atoms with Crippen LogP contribution in [-0.4, -0.2) is 10.8 Å². The summed E-state index contributed by atoms with van der Waals surface area (Å²) in [4.78, 5) is 16.2. The van der Waals surface area contributed by atoms with Gasteiger partial charge in [-0.3, -0.25) is 4.79 Å².